The first kappa shape index (κ1) is 16.9. The van der Waals surface area contributed by atoms with E-state index in [9.17, 15) is 22.0 Å². The van der Waals surface area contributed by atoms with E-state index < -0.39 is 30.3 Å². The molecule has 0 aliphatic carbocycles. The normalized spacial score (nSPS) is 13.5. The molecule has 0 aliphatic rings. The van der Waals surface area contributed by atoms with Crippen LogP contribution in [-0.2, 0) is 0 Å². The van der Waals surface area contributed by atoms with Crippen molar-refractivity contribution in [1.29, 1.82) is 0 Å². The topological polar surface area (TPSA) is 12.0 Å². The van der Waals surface area contributed by atoms with E-state index in [0.29, 0.717) is 12.1 Å². The van der Waals surface area contributed by atoms with Crippen molar-refractivity contribution >= 4 is 0 Å². The van der Waals surface area contributed by atoms with Gasteiger partial charge in [0, 0.05) is 12.5 Å². The van der Waals surface area contributed by atoms with Gasteiger partial charge in [0.05, 0.1) is 0 Å². The molecule has 1 aromatic carbocycles. The molecule has 1 nitrogen and oxygen atoms in total. The molecule has 1 rings (SSSR count). The summed E-state index contributed by atoms with van der Waals surface area (Å²) in [6, 6.07) is 3.04. The zero-order valence-corrected chi connectivity index (χ0v) is 11.2. The number of halogens is 5. The molecule has 20 heavy (non-hydrogen) atoms. The molecule has 1 N–H and O–H groups in total. The van der Waals surface area contributed by atoms with Crippen LogP contribution < -0.4 is 5.32 Å². The summed E-state index contributed by atoms with van der Waals surface area (Å²) in [5, 5.41) is 3.06. The van der Waals surface area contributed by atoms with E-state index in [0.717, 1.165) is 18.6 Å². The van der Waals surface area contributed by atoms with Crippen LogP contribution in [-0.4, -0.2) is 12.7 Å². The largest absolute Gasteiger partial charge is 0.389 e. The molecule has 0 radical (unpaired) electrons. The van der Waals surface area contributed by atoms with Crippen LogP contribution in [0.4, 0.5) is 22.0 Å². The van der Waals surface area contributed by atoms with Crippen LogP contribution >= 0.6 is 0 Å². The van der Waals surface area contributed by atoms with Crippen molar-refractivity contribution in [2.45, 2.75) is 44.8 Å². The van der Waals surface area contributed by atoms with Gasteiger partial charge in [0.25, 0.3) is 0 Å². The molecule has 0 spiro atoms. The minimum Gasteiger partial charge on any atom is -0.310 e. The van der Waals surface area contributed by atoms with Gasteiger partial charge in [-0.05, 0) is 43.5 Å². The average molecular weight is 295 g/mol. The van der Waals surface area contributed by atoms with E-state index in [4.69, 9.17) is 0 Å². The van der Waals surface area contributed by atoms with Crippen molar-refractivity contribution in [2.24, 2.45) is 0 Å². The summed E-state index contributed by atoms with van der Waals surface area (Å²) in [6.07, 6.45) is -4.09. The summed E-state index contributed by atoms with van der Waals surface area (Å²) in [5.74, 6) is -1.94. The molecule has 1 atom stereocenters. The lowest BCUT2D eigenvalue weighted by Crippen LogP contribution is -2.23. The summed E-state index contributed by atoms with van der Waals surface area (Å²) in [5.41, 5.74) is 0.472. The maximum atomic E-state index is 13.2. The van der Waals surface area contributed by atoms with E-state index >= 15 is 0 Å². The smallest absolute Gasteiger partial charge is 0.310 e. The number of benzene rings is 1. The first-order valence-corrected chi connectivity index (χ1v) is 6.58. The first-order chi connectivity index (χ1) is 9.33. The highest BCUT2D eigenvalue weighted by atomic mass is 19.4. The molecule has 1 unspecified atom stereocenters. The van der Waals surface area contributed by atoms with Gasteiger partial charge in [0.2, 0.25) is 0 Å². The highest BCUT2D eigenvalue weighted by Gasteiger charge is 2.27. The summed E-state index contributed by atoms with van der Waals surface area (Å²) in [6.45, 7) is 2.53. The maximum absolute atomic E-state index is 13.2. The Bertz CT molecular complexity index is 417. The monoisotopic (exact) mass is 295 g/mol. The van der Waals surface area contributed by atoms with Crippen molar-refractivity contribution in [3.05, 3.63) is 35.4 Å². The van der Waals surface area contributed by atoms with Crippen LogP contribution in [0, 0.1) is 11.6 Å². The molecule has 0 aliphatic heterocycles. The van der Waals surface area contributed by atoms with E-state index in [1.807, 2.05) is 6.92 Å². The lowest BCUT2D eigenvalue weighted by atomic mass is 10.0. The Hall–Kier alpha value is -1.17. The van der Waals surface area contributed by atoms with Gasteiger partial charge in [-0.2, -0.15) is 13.2 Å². The molecule has 0 amide bonds. The Morgan fingerprint density at radius 1 is 1.15 bits per heavy atom. The summed E-state index contributed by atoms with van der Waals surface area (Å²) in [7, 11) is 0. The lowest BCUT2D eigenvalue weighted by Gasteiger charge is -2.19. The second kappa shape index (κ2) is 7.57. The maximum Gasteiger partial charge on any atom is 0.389 e. The van der Waals surface area contributed by atoms with Gasteiger partial charge in [-0.3, -0.25) is 0 Å². The van der Waals surface area contributed by atoms with Crippen molar-refractivity contribution in [3.63, 3.8) is 0 Å². The zero-order valence-electron chi connectivity index (χ0n) is 11.2. The third-order valence-electron chi connectivity index (χ3n) is 2.94. The van der Waals surface area contributed by atoms with Crippen LogP contribution in [0.15, 0.2) is 18.2 Å². The van der Waals surface area contributed by atoms with E-state index in [2.05, 4.69) is 5.32 Å². The zero-order chi connectivity index (χ0) is 15.2. The molecular weight excluding hydrogens is 277 g/mol. The van der Waals surface area contributed by atoms with Crippen molar-refractivity contribution in [2.75, 3.05) is 6.54 Å². The second-order valence-electron chi connectivity index (χ2n) is 4.69. The first-order valence-electron chi connectivity index (χ1n) is 6.58. The molecule has 1 aromatic rings. The molecule has 114 valence electrons. The van der Waals surface area contributed by atoms with Gasteiger partial charge in [0.15, 0.2) is 11.6 Å². The third kappa shape index (κ3) is 5.86. The highest BCUT2D eigenvalue weighted by Crippen LogP contribution is 2.27. The molecule has 0 saturated heterocycles. The molecule has 0 heterocycles. The van der Waals surface area contributed by atoms with Crippen molar-refractivity contribution in [3.8, 4) is 0 Å². The fourth-order valence-electron chi connectivity index (χ4n) is 1.94. The SMILES string of the molecule is CCCNC(CCCC(F)(F)F)c1ccc(F)c(F)c1. The van der Waals surface area contributed by atoms with Crippen LogP contribution in [0.1, 0.15) is 44.2 Å². The van der Waals surface area contributed by atoms with Crippen LogP contribution in [0.5, 0.6) is 0 Å². The summed E-state index contributed by atoms with van der Waals surface area (Å²) in [4.78, 5) is 0. The highest BCUT2D eigenvalue weighted by molar-refractivity contribution is 5.21. The molecular formula is C14H18F5N. The Morgan fingerprint density at radius 3 is 2.40 bits per heavy atom. The van der Waals surface area contributed by atoms with E-state index in [-0.39, 0.29) is 12.8 Å². The fraction of sp³-hybridized carbons (Fsp3) is 0.571. The molecule has 0 bridgehead atoms. The molecule has 0 fully saturated rings. The Labute approximate surface area is 115 Å². The van der Waals surface area contributed by atoms with Gasteiger partial charge in [-0.15, -0.1) is 0 Å². The third-order valence-corrected chi connectivity index (χ3v) is 2.94. The summed E-state index contributed by atoms with van der Waals surface area (Å²) < 4.78 is 62.5. The number of hydrogen-bond acceptors (Lipinski definition) is 1. The Balaban J connectivity index is 2.69. The molecule has 0 saturated carbocycles. The van der Waals surface area contributed by atoms with Crippen molar-refractivity contribution in [1.82, 2.24) is 5.32 Å². The van der Waals surface area contributed by atoms with Crippen molar-refractivity contribution < 1.29 is 22.0 Å². The standard InChI is InChI=1S/C14H18F5N/c1-2-8-20-13(4-3-7-14(17,18)19)10-5-6-11(15)12(16)9-10/h5-6,9,13,20H,2-4,7-8H2,1H3. The predicted octanol–water partition coefficient (Wildman–Crippen LogP) is 4.74. The molecule has 0 aromatic heterocycles. The number of nitrogens with one attached hydrogen (secondary N) is 1. The second-order valence-corrected chi connectivity index (χ2v) is 4.69. The van der Waals surface area contributed by atoms with Gasteiger partial charge in [-0.1, -0.05) is 13.0 Å². The fourth-order valence-corrected chi connectivity index (χ4v) is 1.94. The number of rotatable bonds is 7. The van der Waals surface area contributed by atoms with Crippen LogP contribution in [0.25, 0.3) is 0 Å². The molecule has 6 heteroatoms. The van der Waals surface area contributed by atoms with Crippen LogP contribution in [0.2, 0.25) is 0 Å². The van der Waals surface area contributed by atoms with Gasteiger partial charge >= 0.3 is 6.18 Å². The predicted molar refractivity (Wildman–Crippen MR) is 67.3 cm³/mol. The van der Waals surface area contributed by atoms with E-state index in [1.165, 1.54) is 6.07 Å². The number of hydrogen-bond donors (Lipinski definition) is 1. The van der Waals surface area contributed by atoms with E-state index in [1.54, 1.807) is 0 Å². The minimum absolute atomic E-state index is 0.0517. The number of alkyl halides is 3. The van der Waals surface area contributed by atoms with Gasteiger partial charge < -0.3 is 5.32 Å². The Kier molecular flexibility index (Phi) is 6.39. The lowest BCUT2D eigenvalue weighted by molar-refractivity contribution is -0.135. The average Bonchev–Trinajstić information content (AvgIpc) is 2.35. The van der Waals surface area contributed by atoms with Gasteiger partial charge in [-0.25, -0.2) is 8.78 Å². The van der Waals surface area contributed by atoms with Crippen LogP contribution in [0.3, 0.4) is 0 Å². The van der Waals surface area contributed by atoms with Gasteiger partial charge in [0.1, 0.15) is 0 Å². The Morgan fingerprint density at radius 2 is 1.85 bits per heavy atom. The minimum atomic E-state index is -4.19. The quantitative estimate of drug-likeness (QED) is 0.717. The summed E-state index contributed by atoms with van der Waals surface area (Å²) >= 11 is 0.